The summed E-state index contributed by atoms with van der Waals surface area (Å²) in [5, 5.41) is 0. The average Bonchev–Trinajstić information content (AvgIpc) is 0. The van der Waals surface area contributed by atoms with Crippen LogP contribution in [0.3, 0.4) is 0 Å². The van der Waals surface area contributed by atoms with Crippen molar-refractivity contribution < 1.29 is 38.7 Å². The molecule has 0 aliphatic carbocycles. The summed E-state index contributed by atoms with van der Waals surface area (Å²) in [7, 11) is 0. The van der Waals surface area contributed by atoms with Gasteiger partial charge in [-0.3, -0.25) is 0 Å². The van der Waals surface area contributed by atoms with Crippen molar-refractivity contribution in [3.05, 3.63) is 0 Å². The number of hydrogen-bond acceptors (Lipinski definition) is 1. The van der Waals surface area contributed by atoms with Gasteiger partial charge < -0.3 is 5.48 Å². The van der Waals surface area contributed by atoms with Gasteiger partial charge in [0.05, 0.1) is 0 Å². The molecule has 0 spiro atoms. The molecule has 35 valence electrons. The van der Waals surface area contributed by atoms with Crippen molar-refractivity contribution in [2.45, 2.75) is 0 Å². The first-order valence-corrected chi connectivity index (χ1v) is 0. The summed E-state index contributed by atoms with van der Waals surface area (Å²) in [5.41, 5.74) is 0. The van der Waals surface area contributed by atoms with Crippen LogP contribution < -0.4 is 0 Å². The molecule has 0 unspecified atom stereocenters. The second-order valence-corrected chi connectivity index (χ2v) is 0. The van der Waals surface area contributed by atoms with E-state index < -0.39 is 0 Å². The summed E-state index contributed by atoms with van der Waals surface area (Å²) < 4.78 is 0. The Morgan fingerprint density at radius 1 is 1.00 bits per heavy atom. The van der Waals surface area contributed by atoms with Gasteiger partial charge in [0.15, 0.2) is 17.4 Å². The second kappa shape index (κ2) is 33.9. The quantitative estimate of drug-likeness (QED) is 0.405. The second-order valence-electron chi connectivity index (χ2n) is 0. The van der Waals surface area contributed by atoms with E-state index in [1.54, 1.807) is 0 Å². The molecule has 0 aromatic heterocycles. The normalized spacial score (nSPS) is 0. The molecule has 0 aliphatic heterocycles. The molecule has 1 radical (unpaired) electrons. The van der Waals surface area contributed by atoms with E-state index in [0.717, 1.165) is 0 Å². The predicted octanol–water partition coefficient (Wildman–Crippen LogP) is -2.01. The van der Waals surface area contributed by atoms with Crippen LogP contribution in [0.4, 0.5) is 0 Å². The summed E-state index contributed by atoms with van der Waals surface area (Å²) in [5.74, 6) is 0. The van der Waals surface area contributed by atoms with Crippen LogP contribution in [0.15, 0.2) is 0 Å². The maximum Gasteiger partial charge on any atom is 0 e. The number of hydrogen-bond donors (Lipinski definition) is 0. The Bertz CT molecular complexity index is 11.6. The molecule has 5 heavy (non-hydrogen) atoms. The first-order valence-electron chi connectivity index (χ1n) is 0. The van der Waals surface area contributed by atoms with Crippen LogP contribution in [0.2, 0.25) is 0 Å². The van der Waals surface area contributed by atoms with E-state index in [0.29, 0.717) is 0 Å². The first-order chi connectivity index (χ1) is 0. The zero-order valence-electron chi connectivity index (χ0n) is 2.10. The van der Waals surface area contributed by atoms with E-state index in [-0.39, 0.29) is 79.2 Å². The van der Waals surface area contributed by atoms with E-state index >= 15 is 0 Å². The Labute approximate surface area is 78.4 Å². The van der Waals surface area contributed by atoms with Gasteiger partial charge >= 0.3 is 23.1 Å². The number of rotatable bonds is 0. The van der Waals surface area contributed by atoms with Gasteiger partial charge in [-0.2, -0.15) is 0 Å². The van der Waals surface area contributed by atoms with Crippen LogP contribution in [0.25, 0.3) is 0 Å². The summed E-state index contributed by atoms with van der Waals surface area (Å²) in [6.07, 6.45) is 0. The van der Waals surface area contributed by atoms with Gasteiger partial charge in [-0.05, 0) is 0 Å². The van der Waals surface area contributed by atoms with E-state index in [4.69, 9.17) is 0 Å². The zero-order valence-corrected chi connectivity index (χ0v) is 6.13. The molecule has 0 saturated heterocycles. The van der Waals surface area contributed by atoms with Crippen molar-refractivity contribution in [3.63, 3.8) is 0 Å². The molecule has 0 amide bonds. The maximum atomic E-state index is 0. The Kier molecular flexibility index (Phi) is 378. The fourth-order valence-electron chi connectivity index (χ4n) is 0. The van der Waals surface area contributed by atoms with Gasteiger partial charge in [0.1, 0.15) is 0 Å². The summed E-state index contributed by atoms with van der Waals surface area (Å²) in [6.45, 7) is 0. The van der Waals surface area contributed by atoms with Crippen molar-refractivity contribution in [2.75, 3.05) is 0 Å². The van der Waals surface area contributed by atoms with Crippen molar-refractivity contribution in [3.8, 4) is 0 Å². The molecule has 0 bridgehead atoms. The molecule has 0 rings (SSSR count). The summed E-state index contributed by atoms with van der Waals surface area (Å²) >= 11 is 0. The molecule has 0 aromatic carbocycles. The van der Waals surface area contributed by atoms with E-state index in [9.17, 15) is 0 Å². The maximum absolute atomic E-state index is 0. The molecule has 1 N–H and O–H groups in total. The largest absolute Gasteiger partial charge is 0.870 e. The molecule has 0 heterocycles. The summed E-state index contributed by atoms with van der Waals surface area (Å²) in [6, 6.07) is 0. The van der Waals surface area contributed by atoms with Crippen molar-refractivity contribution >= 4 is 40.4 Å². The average molecular weight is 190 g/mol. The van der Waals surface area contributed by atoms with Crippen LogP contribution >= 0.6 is 0 Å². The minimum absolute atomic E-state index is 0. The standard InChI is InChI=1S/Al.Co.Mg.Ni.H2O.4H/h;;;;1H2;;;;/q;;+1;;;;;;/p-1. The van der Waals surface area contributed by atoms with E-state index in [1.165, 1.54) is 0 Å². The van der Waals surface area contributed by atoms with Gasteiger partial charge in [0.25, 0.3) is 0 Å². The molecular weight excluding hydrogens is 185 g/mol. The van der Waals surface area contributed by atoms with Gasteiger partial charge in [0.2, 0.25) is 0 Å². The molecule has 0 fully saturated rings. The Morgan fingerprint density at radius 2 is 1.00 bits per heavy atom. The molecule has 0 aromatic rings. The predicted molar refractivity (Wildman–Crippen MR) is 19.0 cm³/mol. The minimum atomic E-state index is 0. The van der Waals surface area contributed by atoms with Gasteiger partial charge in [-0.1, -0.05) is 0 Å². The van der Waals surface area contributed by atoms with E-state index in [1.807, 2.05) is 0 Å². The third-order valence-electron chi connectivity index (χ3n) is 0. The third kappa shape index (κ3) is 22.2. The molecule has 0 aliphatic rings. The van der Waals surface area contributed by atoms with Crippen LogP contribution in [0.1, 0.15) is 0 Å². The molecule has 1 nitrogen and oxygen atoms in total. The molecule has 0 atom stereocenters. The van der Waals surface area contributed by atoms with Crippen molar-refractivity contribution in [2.24, 2.45) is 0 Å². The van der Waals surface area contributed by atoms with Crippen molar-refractivity contribution in [1.29, 1.82) is 0 Å². The monoisotopic (exact) mass is 189 g/mol. The van der Waals surface area contributed by atoms with Gasteiger partial charge in [-0.15, -0.1) is 0 Å². The Balaban J connectivity index is 0. The van der Waals surface area contributed by atoms with Crippen LogP contribution in [0, 0.1) is 0 Å². The van der Waals surface area contributed by atoms with Crippen LogP contribution in [0.5, 0.6) is 0 Å². The van der Waals surface area contributed by atoms with Gasteiger partial charge in [0, 0.05) is 33.3 Å². The first kappa shape index (κ1) is 55.7. The molecular formula is H5AlCoMgNiO. The van der Waals surface area contributed by atoms with Crippen LogP contribution in [-0.4, -0.2) is 45.9 Å². The Morgan fingerprint density at radius 3 is 1.00 bits per heavy atom. The topological polar surface area (TPSA) is 30.0 Å². The fourth-order valence-corrected chi connectivity index (χ4v) is 0. The fraction of sp³-hybridized carbons (Fsp3) is 0. The Hall–Kier alpha value is 2.26. The SMILES string of the molecule is [AlH3].[Co].[MgH+].[Ni].[OH-]. The zero-order chi connectivity index (χ0) is 0. The molecule has 5 heteroatoms. The van der Waals surface area contributed by atoms with Gasteiger partial charge in [-0.25, -0.2) is 0 Å². The smallest absolute Gasteiger partial charge is 0 e. The molecule has 0 saturated carbocycles. The van der Waals surface area contributed by atoms with Crippen LogP contribution in [-0.2, 0) is 33.3 Å². The van der Waals surface area contributed by atoms with Crippen molar-refractivity contribution in [1.82, 2.24) is 0 Å². The third-order valence-corrected chi connectivity index (χ3v) is 0. The minimum Gasteiger partial charge on any atom is -0.870 e. The van der Waals surface area contributed by atoms with E-state index in [2.05, 4.69) is 0 Å². The summed E-state index contributed by atoms with van der Waals surface area (Å²) in [4.78, 5) is 0.